The van der Waals surface area contributed by atoms with Crippen molar-refractivity contribution in [3.63, 3.8) is 0 Å². The van der Waals surface area contributed by atoms with E-state index in [0.29, 0.717) is 50.4 Å². The maximum absolute atomic E-state index is 13.9. The molecule has 2 aliphatic heterocycles. The topological polar surface area (TPSA) is 32.8 Å². The SMILES string of the molecule is Cc1cc(F)ccc1C1CN(C2CCOCC2)CCC1C(=O)N(C)Cc1cc(C(F)(F)F)cc(C(F)(F)F)c1.Cl. The molecule has 0 N–H and O–H groups in total. The van der Waals surface area contributed by atoms with Crippen molar-refractivity contribution in [1.82, 2.24) is 9.80 Å². The van der Waals surface area contributed by atoms with Gasteiger partial charge in [-0.2, -0.15) is 26.3 Å². The minimum atomic E-state index is -4.97. The molecule has 2 unspecified atom stereocenters. The van der Waals surface area contributed by atoms with Gasteiger partial charge in [-0.15, -0.1) is 12.4 Å². The lowest BCUT2D eigenvalue weighted by molar-refractivity contribution is -0.143. The van der Waals surface area contributed by atoms with Crippen LogP contribution in [0.5, 0.6) is 0 Å². The van der Waals surface area contributed by atoms with Gasteiger partial charge < -0.3 is 9.64 Å². The van der Waals surface area contributed by atoms with Crippen LogP contribution in [0.25, 0.3) is 0 Å². The zero-order valence-electron chi connectivity index (χ0n) is 22.1. The van der Waals surface area contributed by atoms with Gasteiger partial charge in [-0.05, 0) is 79.8 Å². The Labute approximate surface area is 234 Å². The highest BCUT2D eigenvalue weighted by atomic mass is 35.5. The first-order chi connectivity index (χ1) is 18.2. The highest BCUT2D eigenvalue weighted by Crippen LogP contribution is 2.39. The molecule has 2 atom stereocenters. The molecule has 2 aromatic rings. The molecule has 4 nitrogen and oxygen atoms in total. The predicted octanol–water partition coefficient (Wildman–Crippen LogP) is 6.84. The van der Waals surface area contributed by atoms with E-state index in [1.807, 2.05) is 0 Å². The largest absolute Gasteiger partial charge is 0.416 e. The fourth-order valence-electron chi connectivity index (χ4n) is 5.77. The van der Waals surface area contributed by atoms with Crippen molar-refractivity contribution in [2.24, 2.45) is 5.92 Å². The molecule has 2 heterocycles. The number of carbonyl (C=O) groups excluding carboxylic acids is 1. The molecule has 2 saturated heterocycles. The molecule has 2 aliphatic rings. The number of hydrogen-bond acceptors (Lipinski definition) is 3. The lowest BCUT2D eigenvalue weighted by Crippen LogP contribution is -2.50. The summed E-state index contributed by atoms with van der Waals surface area (Å²) in [6.45, 7) is 3.78. The first kappa shape index (κ1) is 32.1. The molecule has 0 aliphatic carbocycles. The molecule has 4 rings (SSSR count). The van der Waals surface area contributed by atoms with E-state index in [2.05, 4.69) is 4.90 Å². The van der Waals surface area contributed by atoms with Gasteiger partial charge in [0.15, 0.2) is 0 Å². The van der Waals surface area contributed by atoms with Gasteiger partial charge in [-0.25, -0.2) is 4.39 Å². The number of likely N-dealkylation sites (tertiary alicyclic amines) is 1. The van der Waals surface area contributed by atoms with Gasteiger partial charge in [0.05, 0.1) is 11.1 Å². The number of ether oxygens (including phenoxy) is 1. The van der Waals surface area contributed by atoms with Crippen LogP contribution >= 0.6 is 12.4 Å². The van der Waals surface area contributed by atoms with Crippen LogP contribution in [0.2, 0.25) is 0 Å². The van der Waals surface area contributed by atoms with Gasteiger partial charge in [-0.1, -0.05) is 6.07 Å². The molecule has 40 heavy (non-hydrogen) atoms. The third-order valence-electron chi connectivity index (χ3n) is 7.74. The number of alkyl halides is 6. The summed E-state index contributed by atoms with van der Waals surface area (Å²) in [7, 11) is 1.38. The van der Waals surface area contributed by atoms with Gasteiger partial charge in [0, 0.05) is 51.2 Å². The van der Waals surface area contributed by atoms with E-state index < -0.39 is 41.8 Å². The lowest BCUT2D eigenvalue weighted by atomic mass is 9.77. The van der Waals surface area contributed by atoms with Crippen LogP contribution in [0.15, 0.2) is 36.4 Å². The van der Waals surface area contributed by atoms with Gasteiger partial charge in [0.2, 0.25) is 5.91 Å². The van der Waals surface area contributed by atoms with Crippen molar-refractivity contribution in [2.45, 2.75) is 57.0 Å². The maximum atomic E-state index is 13.9. The molecule has 0 saturated carbocycles. The molecule has 0 aromatic heterocycles. The normalized spacial score (nSPS) is 21.1. The third kappa shape index (κ3) is 7.47. The molecule has 0 spiro atoms. The summed E-state index contributed by atoms with van der Waals surface area (Å²) in [5, 5.41) is 0. The summed E-state index contributed by atoms with van der Waals surface area (Å²) >= 11 is 0. The molecular formula is C28H32ClF7N2O2. The number of hydrogen-bond donors (Lipinski definition) is 0. The van der Waals surface area contributed by atoms with E-state index in [9.17, 15) is 35.5 Å². The molecule has 2 fully saturated rings. The van der Waals surface area contributed by atoms with Crippen LogP contribution in [0.3, 0.4) is 0 Å². The molecule has 222 valence electrons. The van der Waals surface area contributed by atoms with Crippen LogP contribution in [0, 0.1) is 18.7 Å². The number of benzene rings is 2. The van der Waals surface area contributed by atoms with Crippen molar-refractivity contribution < 1.29 is 40.3 Å². The summed E-state index contributed by atoms with van der Waals surface area (Å²) in [5.41, 5.74) is -1.61. The van der Waals surface area contributed by atoms with Crippen LogP contribution in [-0.4, -0.2) is 55.1 Å². The maximum Gasteiger partial charge on any atom is 0.416 e. The van der Waals surface area contributed by atoms with Gasteiger partial charge in [-0.3, -0.25) is 9.69 Å². The lowest BCUT2D eigenvalue weighted by Gasteiger charge is -2.44. The Morgan fingerprint density at radius 3 is 2.12 bits per heavy atom. The Balaban J connectivity index is 0.00000441. The smallest absolute Gasteiger partial charge is 0.381 e. The van der Waals surface area contributed by atoms with Gasteiger partial charge in [0.25, 0.3) is 0 Å². The van der Waals surface area contributed by atoms with E-state index in [0.717, 1.165) is 18.4 Å². The molecule has 0 radical (unpaired) electrons. The standard InChI is InChI=1S/C28H31F7N2O2.ClH/c1-17-11-21(29)3-4-23(17)25-16-37(22-6-9-39-10-7-22)8-5-24(25)26(38)36(2)15-18-12-19(27(30,31)32)14-20(13-18)28(33,34)35;/h3-4,11-14,22,24-25H,5-10,15-16H2,1-2H3;1H. The van der Waals surface area contributed by atoms with E-state index in [1.165, 1.54) is 24.1 Å². The second-order valence-electron chi connectivity index (χ2n) is 10.4. The second kappa shape index (κ2) is 12.7. The number of rotatable bonds is 5. The Hall–Kier alpha value is -2.37. The molecular weight excluding hydrogens is 565 g/mol. The van der Waals surface area contributed by atoms with Gasteiger partial charge in [0.1, 0.15) is 5.82 Å². The van der Waals surface area contributed by atoms with Crippen LogP contribution in [0.1, 0.15) is 53.0 Å². The quantitative estimate of drug-likeness (QED) is 0.355. The van der Waals surface area contributed by atoms with Gasteiger partial charge >= 0.3 is 12.4 Å². The van der Waals surface area contributed by atoms with Crippen molar-refractivity contribution in [3.05, 3.63) is 70.0 Å². The van der Waals surface area contributed by atoms with Crippen molar-refractivity contribution in [1.29, 1.82) is 0 Å². The first-order valence-electron chi connectivity index (χ1n) is 12.8. The minimum absolute atomic E-state index is 0. The monoisotopic (exact) mass is 596 g/mol. The molecule has 12 heteroatoms. The van der Waals surface area contributed by atoms with Crippen LogP contribution < -0.4 is 0 Å². The zero-order valence-corrected chi connectivity index (χ0v) is 22.9. The van der Waals surface area contributed by atoms with E-state index in [1.54, 1.807) is 13.0 Å². The zero-order chi connectivity index (χ0) is 28.5. The van der Waals surface area contributed by atoms with Crippen LogP contribution in [0.4, 0.5) is 30.7 Å². The Kier molecular flexibility index (Phi) is 10.2. The summed E-state index contributed by atoms with van der Waals surface area (Å²) < 4.78 is 99.3. The number of carbonyl (C=O) groups is 1. The average molecular weight is 597 g/mol. The number of halogens is 8. The van der Waals surface area contributed by atoms with E-state index in [4.69, 9.17) is 4.74 Å². The first-order valence-corrected chi connectivity index (χ1v) is 12.8. The van der Waals surface area contributed by atoms with Crippen molar-refractivity contribution in [3.8, 4) is 0 Å². The summed E-state index contributed by atoms with van der Waals surface area (Å²) in [5.74, 6) is -1.66. The van der Waals surface area contributed by atoms with Crippen LogP contribution in [-0.2, 0) is 28.4 Å². The number of piperidine rings is 1. The number of nitrogens with zero attached hydrogens (tertiary/aromatic N) is 2. The second-order valence-corrected chi connectivity index (χ2v) is 10.4. The van der Waals surface area contributed by atoms with Crippen molar-refractivity contribution in [2.75, 3.05) is 33.4 Å². The van der Waals surface area contributed by atoms with E-state index >= 15 is 0 Å². The predicted molar refractivity (Wildman–Crippen MR) is 138 cm³/mol. The highest BCUT2D eigenvalue weighted by molar-refractivity contribution is 5.85. The summed E-state index contributed by atoms with van der Waals surface area (Å²) in [4.78, 5) is 17.2. The molecule has 0 bridgehead atoms. The minimum Gasteiger partial charge on any atom is -0.381 e. The highest BCUT2D eigenvalue weighted by Gasteiger charge is 2.40. The Morgan fingerprint density at radius 2 is 1.57 bits per heavy atom. The van der Waals surface area contributed by atoms with E-state index in [-0.39, 0.29) is 41.9 Å². The Bertz CT molecular complexity index is 1150. The molecule has 1 amide bonds. The Morgan fingerprint density at radius 1 is 0.975 bits per heavy atom. The summed E-state index contributed by atoms with van der Waals surface area (Å²) in [6, 6.07) is 6.04. The number of amides is 1. The fourth-order valence-corrected chi connectivity index (χ4v) is 5.77. The van der Waals surface area contributed by atoms with Crippen molar-refractivity contribution >= 4 is 18.3 Å². The molecule has 2 aromatic carbocycles. The average Bonchev–Trinajstić information content (AvgIpc) is 2.87. The third-order valence-corrected chi connectivity index (χ3v) is 7.74. The fraction of sp³-hybridized carbons (Fsp3) is 0.536. The summed E-state index contributed by atoms with van der Waals surface area (Å²) in [6.07, 6.45) is -7.78. The number of aryl methyl sites for hydroxylation is 1.